The van der Waals surface area contributed by atoms with Crippen molar-refractivity contribution >= 4 is 17.5 Å². The molecule has 0 radical (unpaired) electrons. The molecule has 5 heteroatoms. The van der Waals surface area contributed by atoms with Crippen molar-refractivity contribution in [2.45, 2.75) is 46.3 Å². The standard InChI is InChI=1S/C21H26N2O3/c1-5-15(3)22-21(25)17-11-7-8-12-18(17)23-20(24)16(4)26-19-13-9-6-10-14(19)2/h6-13,15-16H,5H2,1-4H3,(H,22,25)(H,23,24)/t15-,16-/m1/s1. The van der Waals surface area contributed by atoms with E-state index < -0.39 is 6.10 Å². The molecule has 26 heavy (non-hydrogen) atoms. The summed E-state index contributed by atoms with van der Waals surface area (Å²) in [5.41, 5.74) is 1.86. The van der Waals surface area contributed by atoms with Gasteiger partial charge in [0.15, 0.2) is 6.10 Å². The van der Waals surface area contributed by atoms with E-state index in [0.717, 1.165) is 12.0 Å². The van der Waals surface area contributed by atoms with Gasteiger partial charge < -0.3 is 15.4 Å². The Bertz CT molecular complexity index is 773. The molecular formula is C21H26N2O3. The summed E-state index contributed by atoms with van der Waals surface area (Å²) in [4.78, 5) is 24.9. The van der Waals surface area contributed by atoms with E-state index in [-0.39, 0.29) is 17.9 Å². The normalized spacial score (nSPS) is 12.8. The van der Waals surface area contributed by atoms with Gasteiger partial charge in [0, 0.05) is 6.04 Å². The van der Waals surface area contributed by atoms with Crippen LogP contribution in [-0.2, 0) is 4.79 Å². The highest BCUT2D eigenvalue weighted by atomic mass is 16.5. The average Bonchev–Trinajstić information content (AvgIpc) is 2.63. The summed E-state index contributed by atoms with van der Waals surface area (Å²) in [6.07, 6.45) is 0.142. The number of benzene rings is 2. The quantitative estimate of drug-likeness (QED) is 0.792. The molecule has 0 saturated carbocycles. The van der Waals surface area contributed by atoms with E-state index in [1.165, 1.54) is 0 Å². The van der Waals surface area contributed by atoms with Crippen molar-refractivity contribution < 1.29 is 14.3 Å². The monoisotopic (exact) mass is 354 g/mol. The minimum absolute atomic E-state index is 0.0644. The smallest absolute Gasteiger partial charge is 0.265 e. The second-order valence-electron chi connectivity index (χ2n) is 6.34. The van der Waals surface area contributed by atoms with Crippen molar-refractivity contribution in [2.24, 2.45) is 0 Å². The Morgan fingerprint density at radius 3 is 2.38 bits per heavy atom. The van der Waals surface area contributed by atoms with Gasteiger partial charge in [0.2, 0.25) is 0 Å². The minimum Gasteiger partial charge on any atom is -0.481 e. The highest BCUT2D eigenvalue weighted by Crippen LogP contribution is 2.20. The van der Waals surface area contributed by atoms with Crippen LogP contribution in [0.4, 0.5) is 5.69 Å². The van der Waals surface area contributed by atoms with Gasteiger partial charge >= 0.3 is 0 Å². The number of amides is 2. The Balaban J connectivity index is 2.09. The molecule has 2 N–H and O–H groups in total. The number of ether oxygens (including phenoxy) is 1. The lowest BCUT2D eigenvalue weighted by Crippen LogP contribution is -2.34. The van der Waals surface area contributed by atoms with Crippen molar-refractivity contribution in [3.63, 3.8) is 0 Å². The fourth-order valence-corrected chi connectivity index (χ4v) is 2.36. The van der Waals surface area contributed by atoms with Crippen LogP contribution in [-0.4, -0.2) is 24.0 Å². The summed E-state index contributed by atoms with van der Waals surface area (Å²) in [6, 6.07) is 14.6. The topological polar surface area (TPSA) is 67.4 Å². The van der Waals surface area contributed by atoms with Crippen LogP contribution >= 0.6 is 0 Å². The number of anilines is 1. The third-order valence-corrected chi connectivity index (χ3v) is 4.19. The number of hydrogen-bond donors (Lipinski definition) is 2. The lowest BCUT2D eigenvalue weighted by atomic mass is 10.1. The summed E-state index contributed by atoms with van der Waals surface area (Å²) in [7, 11) is 0. The molecule has 2 rings (SSSR count). The largest absolute Gasteiger partial charge is 0.481 e. The third-order valence-electron chi connectivity index (χ3n) is 4.19. The first kappa shape index (κ1) is 19.5. The predicted octanol–water partition coefficient (Wildman–Crippen LogP) is 3.93. The Kier molecular flexibility index (Phi) is 6.78. The van der Waals surface area contributed by atoms with Crippen LogP contribution in [0.3, 0.4) is 0 Å². The van der Waals surface area contributed by atoms with E-state index >= 15 is 0 Å². The van der Waals surface area contributed by atoms with Crippen molar-refractivity contribution in [1.29, 1.82) is 0 Å². The zero-order valence-electron chi connectivity index (χ0n) is 15.7. The zero-order valence-corrected chi connectivity index (χ0v) is 15.7. The van der Waals surface area contributed by atoms with Gasteiger partial charge in [-0.3, -0.25) is 9.59 Å². The summed E-state index contributed by atoms with van der Waals surface area (Å²) in [5, 5.41) is 5.71. The number of aryl methyl sites for hydroxylation is 1. The maximum Gasteiger partial charge on any atom is 0.265 e. The summed E-state index contributed by atoms with van der Waals surface area (Å²) in [6.45, 7) is 7.55. The van der Waals surface area contributed by atoms with Gasteiger partial charge in [0.25, 0.3) is 11.8 Å². The Morgan fingerprint density at radius 2 is 1.69 bits per heavy atom. The Labute approximate surface area is 154 Å². The van der Waals surface area contributed by atoms with E-state index in [4.69, 9.17) is 4.74 Å². The number of carbonyl (C=O) groups excluding carboxylic acids is 2. The maximum absolute atomic E-state index is 12.5. The van der Waals surface area contributed by atoms with Crippen molar-refractivity contribution in [3.05, 3.63) is 59.7 Å². The fraction of sp³-hybridized carbons (Fsp3) is 0.333. The molecule has 2 atom stereocenters. The van der Waals surface area contributed by atoms with Crippen LogP contribution in [0, 0.1) is 6.92 Å². The molecule has 0 unspecified atom stereocenters. The molecule has 0 aromatic heterocycles. The number of carbonyl (C=O) groups is 2. The highest BCUT2D eigenvalue weighted by Gasteiger charge is 2.19. The SMILES string of the molecule is CC[C@@H](C)NC(=O)c1ccccc1NC(=O)[C@@H](C)Oc1ccccc1C. The Morgan fingerprint density at radius 1 is 1.04 bits per heavy atom. The van der Waals surface area contributed by atoms with Crippen LogP contribution in [0.1, 0.15) is 43.1 Å². The lowest BCUT2D eigenvalue weighted by Gasteiger charge is -2.18. The van der Waals surface area contributed by atoms with Gasteiger partial charge in [-0.05, 0) is 51.0 Å². The first-order valence-corrected chi connectivity index (χ1v) is 8.85. The van der Waals surface area contributed by atoms with Gasteiger partial charge in [-0.25, -0.2) is 0 Å². The van der Waals surface area contributed by atoms with Crippen molar-refractivity contribution in [1.82, 2.24) is 5.32 Å². The number of rotatable bonds is 7. The number of hydrogen-bond acceptors (Lipinski definition) is 3. The van der Waals surface area contributed by atoms with E-state index in [1.54, 1.807) is 31.2 Å². The van der Waals surface area contributed by atoms with Crippen LogP contribution in [0.5, 0.6) is 5.75 Å². The molecule has 0 aliphatic rings. The fourth-order valence-electron chi connectivity index (χ4n) is 2.36. The molecule has 5 nitrogen and oxygen atoms in total. The molecule has 0 aliphatic heterocycles. The van der Waals surface area contributed by atoms with Crippen molar-refractivity contribution in [2.75, 3.05) is 5.32 Å². The highest BCUT2D eigenvalue weighted by molar-refractivity contribution is 6.04. The number of nitrogens with one attached hydrogen (secondary N) is 2. The van der Waals surface area contributed by atoms with Crippen LogP contribution in [0.2, 0.25) is 0 Å². The van der Waals surface area contributed by atoms with Gasteiger partial charge in [-0.2, -0.15) is 0 Å². The van der Waals surface area contributed by atoms with Gasteiger partial charge in [0.1, 0.15) is 5.75 Å². The van der Waals surface area contributed by atoms with E-state index in [9.17, 15) is 9.59 Å². The van der Waals surface area contributed by atoms with E-state index in [1.807, 2.05) is 45.0 Å². The molecular weight excluding hydrogens is 328 g/mol. The molecule has 0 fully saturated rings. The predicted molar refractivity (Wildman–Crippen MR) is 104 cm³/mol. The molecule has 0 saturated heterocycles. The second kappa shape index (κ2) is 9.04. The molecule has 0 bridgehead atoms. The lowest BCUT2D eigenvalue weighted by molar-refractivity contribution is -0.122. The Hall–Kier alpha value is -2.82. The first-order chi connectivity index (χ1) is 12.4. The maximum atomic E-state index is 12.5. The first-order valence-electron chi connectivity index (χ1n) is 8.85. The summed E-state index contributed by atoms with van der Waals surface area (Å²) < 4.78 is 5.75. The number of para-hydroxylation sites is 2. The third kappa shape index (κ3) is 5.09. The molecule has 0 heterocycles. The molecule has 0 aliphatic carbocycles. The van der Waals surface area contributed by atoms with Crippen LogP contribution in [0.25, 0.3) is 0 Å². The van der Waals surface area contributed by atoms with Crippen LogP contribution < -0.4 is 15.4 Å². The summed E-state index contributed by atoms with van der Waals surface area (Å²) >= 11 is 0. The van der Waals surface area contributed by atoms with E-state index in [0.29, 0.717) is 17.0 Å². The van der Waals surface area contributed by atoms with Crippen LogP contribution in [0.15, 0.2) is 48.5 Å². The van der Waals surface area contributed by atoms with Crippen molar-refractivity contribution in [3.8, 4) is 5.75 Å². The minimum atomic E-state index is -0.693. The van der Waals surface area contributed by atoms with Gasteiger partial charge in [-0.15, -0.1) is 0 Å². The average molecular weight is 354 g/mol. The molecule has 2 aromatic carbocycles. The molecule has 0 spiro atoms. The van der Waals surface area contributed by atoms with Gasteiger partial charge in [-0.1, -0.05) is 37.3 Å². The zero-order chi connectivity index (χ0) is 19.1. The molecule has 2 aromatic rings. The summed E-state index contributed by atoms with van der Waals surface area (Å²) in [5.74, 6) is 0.151. The molecule has 2 amide bonds. The van der Waals surface area contributed by atoms with Gasteiger partial charge in [0.05, 0.1) is 11.3 Å². The molecule has 138 valence electrons. The second-order valence-corrected chi connectivity index (χ2v) is 6.34. The van der Waals surface area contributed by atoms with E-state index in [2.05, 4.69) is 10.6 Å².